The highest BCUT2D eigenvalue weighted by molar-refractivity contribution is 5.85. The number of rotatable bonds is 11. The van der Waals surface area contributed by atoms with Crippen LogP contribution in [0, 0.1) is 66.5 Å². The number of benzene rings is 3. The number of hydrogen-bond acceptors (Lipinski definition) is 6. The average molecular weight is 789 g/mol. The molecule has 0 spiro atoms. The van der Waals surface area contributed by atoms with E-state index >= 15 is 0 Å². The van der Waals surface area contributed by atoms with Crippen molar-refractivity contribution in [3.05, 3.63) is 99.1 Å². The number of phenols is 1. The van der Waals surface area contributed by atoms with Crippen LogP contribution in [0.15, 0.2) is 36.4 Å². The van der Waals surface area contributed by atoms with Crippen LogP contribution in [0.4, 0.5) is 26.3 Å². The van der Waals surface area contributed by atoms with Gasteiger partial charge in [-0.05, 0) is 136 Å². The van der Waals surface area contributed by atoms with Gasteiger partial charge in [0.2, 0.25) is 0 Å². The van der Waals surface area contributed by atoms with Crippen molar-refractivity contribution in [3.8, 4) is 5.75 Å². The van der Waals surface area contributed by atoms with E-state index in [1.54, 1.807) is 13.8 Å². The van der Waals surface area contributed by atoms with Crippen molar-refractivity contribution in [1.29, 1.82) is 0 Å². The molecule has 0 aliphatic heterocycles. The Morgan fingerprint density at radius 3 is 1.15 bits per heavy atom. The largest absolute Gasteiger partial charge is 0.503 e. The summed E-state index contributed by atoms with van der Waals surface area (Å²) in [5, 5.41) is 17.6. The van der Waals surface area contributed by atoms with Crippen molar-refractivity contribution in [1.82, 2.24) is 0 Å². The molecule has 14 heteroatoms. The Hall–Kier alpha value is -4.26. The molecular weight excluding hydrogens is 742 g/mol. The normalized spacial score (nSPS) is 21.4. The first kappa shape index (κ1) is 45.9. The maximum Gasteiger partial charge on any atom is 0.306 e. The summed E-state index contributed by atoms with van der Waals surface area (Å²) in [4.78, 5) is 33.0. The lowest BCUT2D eigenvalue weighted by atomic mass is 10.1. The summed E-state index contributed by atoms with van der Waals surface area (Å²) in [6.45, 7) is 6.98. The van der Waals surface area contributed by atoms with Crippen LogP contribution in [0.5, 0.6) is 5.75 Å². The van der Waals surface area contributed by atoms with Crippen molar-refractivity contribution in [3.63, 3.8) is 0 Å². The quantitative estimate of drug-likeness (QED) is 0.147. The van der Waals surface area contributed by atoms with Gasteiger partial charge in [-0.2, -0.15) is 0 Å². The summed E-state index contributed by atoms with van der Waals surface area (Å²) in [6, 6.07) is 7.60. The molecule has 3 fully saturated rings. The second kappa shape index (κ2) is 19.9. The van der Waals surface area contributed by atoms with Crippen LogP contribution >= 0.6 is 12.4 Å². The first-order valence-electron chi connectivity index (χ1n) is 17.2. The fourth-order valence-corrected chi connectivity index (χ4v) is 6.29. The van der Waals surface area contributed by atoms with Crippen LogP contribution in [0.3, 0.4) is 0 Å². The highest BCUT2D eigenvalue weighted by Crippen LogP contribution is 2.52. The number of carboxylic acids is 1. The van der Waals surface area contributed by atoms with Crippen molar-refractivity contribution in [2.24, 2.45) is 17.8 Å². The number of hydrogen-bond donors (Lipinski definition) is 2. The molecule has 6 atom stereocenters. The molecule has 0 saturated heterocycles. The Kier molecular flexibility index (Phi) is 16.9. The SMILES string of the molecule is C.CCOC(=O)CC1CC1c1cc(F)c(C)c(F)c1.CCOC(=O)CC1CC1c1cc(F)c(O)c(F)c1.Cc1c(F)cc(C2CC2CC(=O)O)cc1F.Cl. The highest BCUT2D eigenvalue weighted by atomic mass is 35.5. The third-order valence-corrected chi connectivity index (χ3v) is 9.60. The van der Waals surface area contributed by atoms with E-state index in [1.807, 2.05) is 0 Å². The molecule has 3 aliphatic carbocycles. The van der Waals surface area contributed by atoms with Gasteiger partial charge in [-0.25, -0.2) is 26.3 Å². The average Bonchev–Trinajstić information content (AvgIpc) is 3.98. The van der Waals surface area contributed by atoms with Crippen LogP contribution in [0.2, 0.25) is 0 Å². The summed E-state index contributed by atoms with van der Waals surface area (Å²) in [5.41, 5.74) is 1.76. The van der Waals surface area contributed by atoms with E-state index in [0.29, 0.717) is 49.2 Å². The smallest absolute Gasteiger partial charge is 0.306 e. The number of aromatic hydroxyl groups is 1. The van der Waals surface area contributed by atoms with Crippen molar-refractivity contribution >= 4 is 30.3 Å². The van der Waals surface area contributed by atoms with Crippen LogP contribution < -0.4 is 0 Å². The molecule has 298 valence electrons. The molecule has 3 aromatic rings. The third kappa shape index (κ3) is 12.4. The Labute approximate surface area is 317 Å². The number of esters is 2. The summed E-state index contributed by atoms with van der Waals surface area (Å²) in [7, 11) is 0. The number of carbonyl (C=O) groups is 3. The molecule has 0 radical (unpaired) electrons. The predicted octanol–water partition coefficient (Wildman–Crippen LogP) is 9.97. The van der Waals surface area contributed by atoms with E-state index in [9.17, 15) is 40.7 Å². The topological polar surface area (TPSA) is 110 Å². The number of halogens is 7. The predicted molar refractivity (Wildman–Crippen MR) is 191 cm³/mol. The number of ether oxygens (including phenoxy) is 2. The lowest BCUT2D eigenvalue weighted by molar-refractivity contribution is -0.144. The van der Waals surface area contributed by atoms with Gasteiger partial charge in [-0.15, -0.1) is 12.4 Å². The molecule has 3 aromatic carbocycles. The Balaban J connectivity index is 0.000000276. The molecule has 0 aromatic heterocycles. The molecule has 54 heavy (non-hydrogen) atoms. The summed E-state index contributed by atoms with van der Waals surface area (Å²) >= 11 is 0. The van der Waals surface area contributed by atoms with E-state index in [4.69, 9.17) is 19.7 Å². The molecule has 0 bridgehead atoms. The first-order valence-corrected chi connectivity index (χ1v) is 17.2. The molecular formula is C40H47ClF6O7. The van der Waals surface area contributed by atoms with E-state index in [0.717, 1.165) is 18.6 Å². The maximum atomic E-state index is 13.4. The van der Waals surface area contributed by atoms with E-state index < -0.39 is 46.6 Å². The van der Waals surface area contributed by atoms with Crippen LogP contribution in [-0.2, 0) is 23.9 Å². The minimum atomic E-state index is -0.966. The van der Waals surface area contributed by atoms with E-state index in [2.05, 4.69) is 0 Å². The molecule has 3 aliphatic rings. The summed E-state index contributed by atoms with van der Waals surface area (Å²) < 4.78 is 89.3. The Bertz CT molecular complexity index is 1650. The fourth-order valence-electron chi connectivity index (χ4n) is 6.29. The van der Waals surface area contributed by atoms with Crippen LogP contribution in [0.25, 0.3) is 0 Å². The van der Waals surface area contributed by atoms with Gasteiger partial charge in [0.05, 0.1) is 13.2 Å². The number of carboxylic acid groups (broad SMARTS) is 1. The van der Waals surface area contributed by atoms with Gasteiger partial charge in [0.15, 0.2) is 17.4 Å². The zero-order valence-electron chi connectivity index (χ0n) is 29.7. The minimum Gasteiger partial charge on any atom is -0.503 e. The summed E-state index contributed by atoms with van der Waals surface area (Å²) in [6.07, 6.45) is 2.87. The van der Waals surface area contributed by atoms with Gasteiger partial charge >= 0.3 is 17.9 Å². The zero-order valence-corrected chi connectivity index (χ0v) is 30.5. The van der Waals surface area contributed by atoms with E-state index in [-0.39, 0.29) is 91.2 Å². The second-order valence-corrected chi connectivity index (χ2v) is 13.5. The molecule has 0 heterocycles. The minimum absolute atomic E-state index is 0. The van der Waals surface area contributed by atoms with Gasteiger partial charge in [0.1, 0.15) is 23.3 Å². The monoisotopic (exact) mass is 788 g/mol. The maximum absolute atomic E-state index is 13.4. The summed E-state index contributed by atoms with van der Waals surface area (Å²) in [5.74, 6) is -6.12. The van der Waals surface area contributed by atoms with Gasteiger partial charge in [-0.1, -0.05) is 7.43 Å². The van der Waals surface area contributed by atoms with Crippen molar-refractivity contribution in [2.45, 2.75) is 91.4 Å². The molecule has 2 N–H and O–H groups in total. The second-order valence-electron chi connectivity index (χ2n) is 13.5. The fraction of sp³-hybridized carbons (Fsp3) is 0.475. The molecule has 6 unspecified atom stereocenters. The number of phenolic OH excluding ortho intramolecular Hbond substituents is 1. The first-order chi connectivity index (χ1) is 24.5. The highest BCUT2D eigenvalue weighted by Gasteiger charge is 2.42. The van der Waals surface area contributed by atoms with Crippen LogP contribution in [0.1, 0.15) is 105 Å². The van der Waals surface area contributed by atoms with Gasteiger partial charge < -0.3 is 19.7 Å². The Morgan fingerprint density at radius 2 is 0.870 bits per heavy atom. The standard InChI is InChI=1S/C14H16F2O2.C13H14F2O3.C12H12F2O2.CH4.ClH/c1-3-18-14(17)7-9-4-11(9)10-5-12(15)8(2)13(16)6-10;1-2-18-12(16)6-7-3-9(7)8-4-10(14)13(17)11(15)5-8;1-6-10(13)3-8(4-11(6)14)9-2-7(9)5-12(15)16;;/h5-6,9,11H,3-4,7H2,1-2H3;4-5,7,9,17H,2-3,6H2,1H3;3-4,7,9H,2,5H2,1H3,(H,15,16);1H4;1H. The number of carbonyl (C=O) groups excluding carboxylic acids is 2. The number of aliphatic carboxylic acids is 1. The lowest BCUT2D eigenvalue weighted by Gasteiger charge is -2.05. The van der Waals surface area contributed by atoms with Crippen molar-refractivity contribution in [2.75, 3.05) is 13.2 Å². The molecule has 7 nitrogen and oxygen atoms in total. The third-order valence-electron chi connectivity index (χ3n) is 9.60. The lowest BCUT2D eigenvalue weighted by Crippen LogP contribution is -2.05. The van der Waals surface area contributed by atoms with Gasteiger partial charge in [0.25, 0.3) is 0 Å². The van der Waals surface area contributed by atoms with Gasteiger partial charge in [-0.3, -0.25) is 14.4 Å². The van der Waals surface area contributed by atoms with Gasteiger partial charge in [0, 0.05) is 30.4 Å². The zero-order chi connectivity index (χ0) is 38.4. The van der Waals surface area contributed by atoms with Crippen LogP contribution in [-0.4, -0.2) is 41.3 Å². The Morgan fingerprint density at radius 1 is 0.593 bits per heavy atom. The molecule has 6 rings (SSSR count). The van der Waals surface area contributed by atoms with E-state index in [1.165, 1.54) is 38.1 Å². The van der Waals surface area contributed by atoms with Crippen molar-refractivity contribution < 1.29 is 60.4 Å². The molecule has 0 amide bonds. The molecule has 3 saturated carbocycles.